The van der Waals surface area contributed by atoms with E-state index in [2.05, 4.69) is 11.9 Å². The lowest BCUT2D eigenvalue weighted by molar-refractivity contribution is -0.122. The van der Waals surface area contributed by atoms with E-state index in [0.29, 0.717) is 22.6 Å². The topological polar surface area (TPSA) is 62.1 Å². The van der Waals surface area contributed by atoms with E-state index in [1.165, 1.54) is 0 Å². The smallest absolute Gasteiger partial charge is 0.265 e. The first-order chi connectivity index (χ1) is 7.61. The third kappa shape index (κ3) is 1.63. The Bertz CT molecular complexity index is 514. The van der Waals surface area contributed by atoms with Crippen LogP contribution < -0.4 is 10.1 Å². The fraction of sp³-hybridized carbons (Fsp3) is 0.167. The van der Waals surface area contributed by atoms with Crippen LogP contribution in [-0.4, -0.2) is 12.0 Å². The van der Waals surface area contributed by atoms with Crippen LogP contribution in [0.25, 0.3) is 5.57 Å². The number of carbonyl (C=O) groups is 1. The zero-order valence-electron chi connectivity index (χ0n) is 8.78. The Labute approximate surface area is 93.1 Å². The first kappa shape index (κ1) is 10.2. The number of nitriles is 1. The van der Waals surface area contributed by atoms with E-state index in [0.717, 1.165) is 0 Å². The first-order valence-corrected chi connectivity index (χ1v) is 4.83. The minimum Gasteiger partial charge on any atom is -0.479 e. The molecule has 0 fully saturated rings. The number of fused-ring (bicyclic) bond motifs is 1. The summed E-state index contributed by atoms with van der Waals surface area (Å²) in [6, 6.07) is 7.12. The Morgan fingerprint density at radius 2 is 2.38 bits per heavy atom. The van der Waals surface area contributed by atoms with Crippen molar-refractivity contribution in [3.8, 4) is 11.8 Å². The molecule has 80 valence electrons. The van der Waals surface area contributed by atoms with Crippen LogP contribution in [0.2, 0.25) is 0 Å². The lowest BCUT2D eigenvalue weighted by atomic mass is 10.1. The molecule has 4 nitrogen and oxygen atoms in total. The number of benzene rings is 1. The molecule has 1 heterocycles. The third-order valence-corrected chi connectivity index (χ3v) is 2.39. The molecule has 0 aromatic heterocycles. The van der Waals surface area contributed by atoms with Crippen LogP contribution in [0.5, 0.6) is 5.75 Å². The Balaban J connectivity index is 2.41. The van der Waals surface area contributed by atoms with Crippen LogP contribution in [0.1, 0.15) is 12.5 Å². The Kier molecular flexibility index (Phi) is 2.37. The summed E-state index contributed by atoms with van der Waals surface area (Å²) in [6.07, 6.45) is -0.488. The highest BCUT2D eigenvalue weighted by atomic mass is 16.5. The van der Waals surface area contributed by atoms with Crippen molar-refractivity contribution in [1.82, 2.24) is 0 Å². The number of hydrogen-bond donors (Lipinski definition) is 1. The molecule has 1 amide bonds. The molecule has 0 radical (unpaired) electrons. The maximum Gasteiger partial charge on any atom is 0.265 e. The van der Waals surface area contributed by atoms with E-state index in [1.54, 1.807) is 25.1 Å². The predicted octanol–water partition coefficient (Wildman–Crippen LogP) is 1.94. The maximum absolute atomic E-state index is 11.4. The van der Waals surface area contributed by atoms with Crippen molar-refractivity contribution in [2.24, 2.45) is 0 Å². The summed E-state index contributed by atoms with van der Waals surface area (Å²) in [6.45, 7) is 5.29. The lowest BCUT2D eigenvalue weighted by Gasteiger charge is -2.23. The number of hydrogen-bond acceptors (Lipinski definition) is 3. The maximum atomic E-state index is 11.4. The second kappa shape index (κ2) is 3.70. The Hall–Kier alpha value is -2.28. The second-order valence-corrected chi connectivity index (χ2v) is 3.55. The molecule has 1 atom stereocenters. The van der Waals surface area contributed by atoms with Crippen LogP contribution in [0, 0.1) is 11.3 Å². The summed E-state index contributed by atoms with van der Waals surface area (Å²) in [4.78, 5) is 11.4. The van der Waals surface area contributed by atoms with Gasteiger partial charge in [-0.25, -0.2) is 0 Å². The van der Waals surface area contributed by atoms with Gasteiger partial charge >= 0.3 is 0 Å². The molecule has 1 aromatic carbocycles. The van der Waals surface area contributed by atoms with Gasteiger partial charge in [0.25, 0.3) is 5.91 Å². The molecule has 1 aliphatic rings. The van der Waals surface area contributed by atoms with E-state index in [1.807, 2.05) is 6.07 Å². The molecule has 1 aromatic rings. The van der Waals surface area contributed by atoms with Crippen molar-refractivity contribution < 1.29 is 9.53 Å². The zero-order valence-corrected chi connectivity index (χ0v) is 8.78. The first-order valence-electron chi connectivity index (χ1n) is 4.83. The van der Waals surface area contributed by atoms with E-state index in [-0.39, 0.29) is 5.91 Å². The van der Waals surface area contributed by atoms with Crippen molar-refractivity contribution in [2.45, 2.75) is 13.0 Å². The van der Waals surface area contributed by atoms with Crippen LogP contribution >= 0.6 is 0 Å². The number of anilines is 1. The molecule has 0 saturated heterocycles. The molecular weight excluding hydrogens is 204 g/mol. The second-order valence-electron chi connectivity index (χ2n) is 3.55. The van der Waals surface area contributed by atoms with Gasteiger partial charge in [-0.15, -0.1) is 0 Å². The molecule has 0 bridgehead atoms. The summed E-state index contributed by atoms with van der Waals surface area (Å²) < 4.78 is 5.39. The van der Waals surface area contributed by atoms with Crippen molar-refractivity contribution in [3.05, 3.63) is 30.3 Å². The Morgan fingerprint density at radius 3 is 3.06 bits per heavy atom. The quantitative estimate of drug-likeness (QED) is 0.726. The summed E-state index contributed by atoms with van der Waals surface area (Å²) >= 11 is 0. The minimum atomic E-state index is -0.488. The van der Waals surface area contributed by atoms with Crippen molar-refractivity contribution in [3.63, 3.8) is 0 Å². The van der Waals surface area contributed by atoms with Gasteiger partial charge in [0.1, 0.15) is 5.75 Å². The van der Waals surface area contributed by atoms with E-state index in [4.69, 9.17) is 10.00 Å². The molecule has 1 aliphatic heterocycles. The summed E-state index contributed by atoms with van der Waals surface area (Å²) in [5.41, 5.74) is 1.62. The molecule has 0 aliphatic carbocycles. The average Bonchev–Trinajstić information content (AvgIpc) is 2.29. The highest BCUT2D eigenvalue weighted by Crippen LogP contribution is 2.31. The van der Waals surface area contributed by atoms with Gasteiger partial charge in [-0.1, -0.05) is 6.58 Å². The normalized spacial score (nSPS) is 17.8. The van der Waals surface area contributed by atoms with Gasteiger partial charge in [-0.3, -0.25) is 4.79 Å². The summed E-state index contributed by atoms with van der Waals surface area (Å²) in [5.74, 6) is 0.425. The van der Waals surface area contributed by atoms with Gasteiger partial charge in [0.15, 0.2) is 6.10 Å². The van der Waals surface area contributed by atoms with E-state index < -0.39 is 6.10 Å². The van der Waals surface area contributed by atoms with E-state index >= 15 is 0 Å². The molecule has 16 heavy (non-hydrogen) atoms. The van der Waals surface area contributed by atoms with E-state index in [9.17, 15) is 4.79 Å². The zero-order chi connectivity index (χ0) is 11.7. The Morgan fingerprint density at radius 1 is 1.62 bits per heavy atom. The van der Waals surface area contributed by atoms with Gasteiger partial charge in [0.05, 0.1) is 17.3 Å². The number of amides is 1. The van der Waals surface area contributed by atoms with Gasteiger partial charge in [-0.2, -0.15) is 5.26 Å². The molecule has 4 heteroatoms. The van der Waals surface area contributed by atoms with Crippen LogP contribution in [0.4, 0.5) is 5.69 Å². The molecule has 0 saturated carbocycles. The number of rotatable bonds is 1. The lowest BCUT2D eigenvalue weighted by Crippen LogP contribution is -2.34. The van der Waals surface area contributed by atoms with Crippen molar-refractivity contribution >= 4 is 17.2 Å². The van der Waals surface area contributed by atoms with Crippen molar-refractivity contribution in [2.75, 3.05) is 5.32 Å². The number of nitrogens with zero attached hydrogens (tertiary/aromatic N) is 1. The number of ether oxygens (including phenoxy) is 1. The molecule has 0 spiro atoms. The molecular formula is C12H10N2O2. The van der Waals surface area contributed by atoms with Gasteiger partial charge in [-0.05, 0) is 30.7 Å². The highest BCUT2D eigenvalue weighted by Gasteiger charge is 2.23. The molecule has 1 N–H and O–H groups in total. The largest absolute Gasteiger partial charge is 0.479 e. The van der Waals surface area contributed by atoms with Crippen LogP contribution in [0.3, 0.4) is 0 Å². The fourth-order valence-corrected chi connectivity index (χ4v) is 1.46. The van der Waals surface area contributed by atoms with Gasteiger partial charge < -0.3 is 10.1 Å². The number of allylic oxidation sites excluding steroid dienone is 1. The van der Waals surface area contributed by atoms with Crippen LogP contribution in [-0.2, 0) is 4.79 Å². The van der Waals surface area contributed by atoms with Crippen molar-refractivity contribution in [1.29, 1.82) is 5.26 Å². The average molecular weight is 214 g/mol. The molecule has 1 unspecified atom stereocenters. The number of nitrogens with one attached hydrogen (secondary N) is 1. The van der Waals surface area contributed by atoms with Crippen LogP contribution in [0.15, 0.2) is 24.8 Å². The highest BCUT2D eigenvalue weighted by molar-refractivity contribution is 5.98. The van der Waals surface area contributed by atoms with Gasteiger partial charge in [0.2, 0.25) is 0 Å². The predicted molar refractivity (Wildman–Crippen MR) is 59.8 cm³/mol. The summed E-state index contributed by atoms with van der Waals surface area (Å²) in [7, 11) is 0. The summed E-state index contributed by atoms with van der Waals surface area (Å²) in [5, 5.41) is 11.4. The number of carbonyl (C=O) groups excluding carboxylic acids is 1. The van der Waals surface area contributed by atoms with Gasteiger partial charge in [0, 0.05) is 0 Å². The minimum absolute atomic E-state index is 0.188. The molecule has 2 rings (SSSR count). The fourth-order valence-electron chi connectivity index (χ4n) is 1.46. The SMILES string of the molecule is C=C(C#N)c1ccc2c(c1)NC(=O)C(C)O2. The monoisotopic (exact) mass is 214 g/mol. The standard InChI is InChI=1S/C12H10N2O2/c1-7(6-13)9-3-4-11-10(5-9)14-12(15)8(2)16-11/h3-5,8H,1H2,2H3,(H,14,15). The third-order valence-electron chi connectivity index (χ3n) is 2.39.